The molecule has 0 aliphatic heterocycles. The first kappa shape index (κ1) is 34.4. The first-order valence-corrected chi connectivity index (χ1v) is 17.3. The molecule has 4 aromatic carbocycles. The number of amides is 2. The van der Waals surface area contributed by atoms with Gasteiger partial charge in [-0.05, 0) is 80.6 Å². The number of unbranched alkanes of at least 4 members (excludes halogenated alkanes) is 1. The van der Waals surface area contributed by atoms with Crippen molar-refractivity contribution < 1.29 is 18.0 Å². The second-order valence-corrected chi connectivity index (χ2v) is 13.9. The van der Waals surface area contributed by atoms with Crippen molar-refractivity contribution in [1.82, 2.24) is 10.2 Å². The number of hydrogen-bond acceptors (Lipinski definition) is 4. The van der Waals surface area contributed by atoms with Crippen LogP contribution in [-0.2, 0) is 32.6 Å². The molecule has 0 saturated carbocycles. The normalized spacial score (nSPS) is 11.9. The van der Waals surface area contributed by atoms with Crippen LogP contribution in [0, 0.1) is 27.7 Å². The lowest BCUT2D eigenvalue weighted by molar-refractivity contribution is -0.140. The number of anilines is 1. The van der Waals surface area contributed by atoms with Gasteiger partial charge in [-0.2, -0.15) is 0 Å². The molecule has 2 amide bonds. The molecule has 4 aromatic rings. The highest BCUT2D eigenvalue weighted by molar-refractivity contribution is 7.92. The molecule has 0 spiro atoms. The Balaban J connectivity index is 1.81. The van der Waals surface area contributed by atoms with Crippen molar-refractivity contribution in [3.8, 4) is 0 Å². The van der Waals surface area contributed by atoms with Gasteiger partial charge in [0.1, 0.15) is 12.6 Å². The van der Waals surface area contributed by atoms with Crippen LogP contribution in [-0.4, -0.2) is 44.3 Å². The minimum atomic E-state index is -4.15. The molecule has 1 atom stereocenters. The summed E-state index contributed by atoms with van der Waals surface area (Å²) in [6.07, 6.45) is 2.01. The molecular weight excluding hydrogens is 595 g/mol. The van der Waals surface area contributed by atoms with E-state index in [0.717, 1.165) is 46.2 Å². The maximum absolute atomic E-state index is 14.6. The SMILES string of the molecule is CCCCNC(=O)[C@H](Cc1ccccc1)N(Cc1ccc(C)cc1)C(=O)CN(c1cc(C)cc(C)c1)S(=O)(=O)c1ccc(C)cc1. The molecule has 0 aliphatic rings. The van der Waals surface area contributed by atoms with E-state index in [-0.39, 0.29) is 23.8 Å². The summed E-state index contributed by atoms with van der Waals surface area (Å²) in [5.41, 5.74) is 5.89. The third-order valence-corrected chi connectivity index (χ3v) is 9.74. The smallest absolute Gasteiger partial charge is 0.264 e. The van der Waals surface area contributed by atoms with E-state index >= 15 is 0 Å². The van der Waals surface area contributed by atoms with Crippen LogP contribution in [0.4, 0.5) is 5.69 Å². The number of benzene rings is 4. The number of carbonyl (C=O) groups is 2. The molecular formula is C38H45N3O4S. The van der Waals surface area contributed by atoms with E-state index in [1.54, 1.807) is 41.3 Å². The van der Waals surface area contributed by atoms with E-state index in [1.165, 1.54) is 4.31 Å². The van der Waals surface area contributed by atoms with Crippen molar-refractivity contribution in [2.45, 2.75) is 71.4 Å². The Morgan fingerprint density at radius 1 is 0.739 bits per heavy atom. The molecule has 7 nitrogen and oxygen atoms in total. The molecule has 0 bridgehead atoms. The monoisotopic (exact) mass is 639 g/mol. The van der Waals surface area contributed by atoms with Gasteiger partial charge in [0.25, 0.3) is 10.0 Å². The van der Waals surface area contributed by atoms with E-state index in [4.69, 9.17) is 0 Å². The van der Waals surface area contributed by atoms with Gasteiger partial charge in [0.2, 0.25) is 11.8 Å². The zero-order chi connectivity index (χ0) is 33.3. The predicted octanol–water partition coefficient (Wildman–Crippen LogP) is 6.67. The van der Waals surface area contributed by atoms with E-state index in [0.29, 0.717) is 12.2 Å². The minimum absolute atomic E-state index is 0.0910. The van der Waals surface area contributed by atoms with Gasteiger partial charge in [-0.15, -0.1) is 0 Å². The summed E-state index contributed by atoms with van der Waals surface area (Å²) < 4.78 is 29.7. The van der Waals surface area contributed by atoms with E-state index < -0.39 is 28.5 Å². The molecule has 8 heteroatoms. The van der Waals surface area contributed by atoms with Crippen LogP contribution < -0.4 is 9.62 Å². The van der Waals surface area contributed by atoms with Gasteiger partial charge in [-0.3, -0.25) is 13.9 Å². The molecule has 0 aliphatic carbocycles. The Bertz CT molecular complexity index is 1700. The molecule has 242 valence electrons. The molecule has 0 heterocycles. The van der Waals surface area contributed by atoms with Crippen LogP contribution in [0.5, 0.6) is 0 Å². The first-order chi connectivity index (χ1) is 22.0. The average molecular weight is 640 g/mol. The second-order valence-electron chi connectivity index (χ2n) is 12.0. The van der Waals surface area contributed by atoms with Crippen molar-refractivity contribution >= 4 is 27.5 Å². The zero-order valence-corrected chi connectivity index (χ0v) is 28.3. The van der Waals surface area contributed by atoms with Gasteiger partial charge in [-0.25, -0.2) is 8.42 Å². The highest BCUT2D eigenvalue weighted by atomic mass is 32.2. The topological polar surface area (TPSA) is 86.8 Å². The summed E-state index contributed by atoms with van der Waals surface area (Å²) in [6.45, 7) is 9.89. The number of nitrogens with one attached hydrogen (secondary N) is 1. The molecule has 4 rings (SSSR count). The summed E-state index contributed by atoms with van der Waals surface area (Å²) in [5.74, 6) is -0.737. The zero-order valence-electron chi connectivity index (χ0n) is 27.5. The Morgan fingerprint density at radius 2 is 1.33 bits per heavy atom. The number of nitrogens with zero attached hydrogens (tertiary/aromatic N) is 2. The van der Waals surface area contributed by atoms with Gasteiger partial charge in [-0.1, -0.05) is 97.3 Å². The van der Waals surface area contributed by atoms with Gasteiger partial charge in [0.05, 0.1) is 10.6 Å². The summed E-state index contributed by atoms with van der Waals surface area (Å²) in [4.78, 5) is 30.1. The minimum Gasteiger partial charge on any atom is -0.354 e. The molecule has 0 unspecified atom stereocenters. The maximum Gasteiger partial charge on any atom is 0.264 e. The number of carbonyl (C=O) groups excluding carboxylic acids is 2. The highest BCUT2D eigenvalue weighted by Crippen LogP contribution is 2.27. The Morgan fingerprint density at radius 3 is 1.91 bits per heavy atom. The molecule has 1 N–H and O–H groups in total. The summed E-state index contributed by atoms with van der Waals surface area (Å²) in [6, 6.07) is 28.7. The van der Waals surface area contributed by atoms with Gasteiger partial charge in [0.15, 0.2) is 0 Å². The van der Waals surface area contributed by atoms with Gasteiger partial charge in [0, 0.05) is 19.5 Å². The molecule has 0 fully saturated rings. The van der Waals surface area contributed by atoms with E-state index in [9.17, 15) is 18.0 Å². The second kappa shape index (κ2) is 15.7. The average Bonchev–Trinajstić information content (AvgIpc) is 3.02. The van der Waals surface area contributed by atoms with Crippen molar-refractivity contribution in [2.24, 2.45) is 0 Å². The largest absolute Gasteiger partial charge is 0.354 e. The maximum atomic E-state index is 14.6. The van der Waals surface area contributed by atoms with Crippen LogP contribution in [0.15, 0.2) is 102 Å². The van der Waals surface area contributed by atoms with Crippen molar-refractivity contribution in [1.29, 1.82) is 0 Å². The van der Waals surface area contributed by atoms with Crippen LogP contribution in [0.3, 0.4) is 0 Å². The van der Waals surface area contributed by atoms with Crippen LogP contribution in [0.25, 0.3) is 0 Å². The van der Waals surface area contributed by atoms with Crippen molar-refractivity contribution in [2.75, 3.05) is 17.4 Å². The van der Waals surface area contributed by atoms with E-state index in [1.807, 2.05) is 88.4 Å². The Labute approximate surface area is 274 Å². The van der Waals surface area contributed by atoms with Gasteiger partial charge < -0.3 is 10.2 Å². The third kappa shape index (κ3) is 9.07. The lowest BCUT2D eigenvalue weighted by atomic mass is 10.0. The Hall–Kier alpha value is -4.43. The fourth-order valence-corrected chi connectivity index (χ4v) is 6.81. The number of aryl methyl sites for hydroxylation is 4. The first-order valence-electron chi connectivity index (χ1n) is 15.8. The molecule has 0 aromatic heterocycles. The summed E-state index contributed by atoms with van der Waals surface area (Å²) >= 11 is 0. The molecule has 46 heavy (non-hydrogen) atoms. The number of hydrogen-bond donors (Lipinski definition) is 1. The number of rotatable bonds is 14. The van der Waals surface area contributed by atoms with Crippen LogP contribution >= 0.6 is 0 Å². The highest BCUT2D eigenvalue weighted by Gasteiger charge is 2.34. The van der Waals surface area contributed by atoms with Crippen LogP contribution in [0.1, 0.15) is 53.1 Å². The quantitative estimate of drug-likeness (QED) is 0.156. The standard InChI is InChI=1S/C38H45N3O4S/c1-6-7-21-39-38(43)36(25-32-11-9-8-10-12-32)40(26-33-17-13-28(2)14-18-33)37(42)27-41(34-23-30(4)22-31(5)24-34)46(44,45)35-19-15-29(3)16-20-35/h8-20,22-24,36H,6-7,21,25-27H2,1-5H3,(H,39,43)/t36-/m0/s1. The lowest BCUT2D eigenvalue weighted by Crippen LogP contribution is -2.53. The van der Waals surface area contributed by atoms with E-state index in [2.05, 4.69) is 12.2 Å². The summed E-state index contributed by atoms with van der Waals surface area (Å²) in [5, 5.41) is 3.03. The third-order valence-electron chi connectivity index (χ3n) is 7.96. The van der Waals surface area contributed by atoms with Crippen molar-refractivity contribution in [3.63, 3.8) is 0 Å². The molecule has 0 saturated heterocycles. The van der Waals surface area contributed by atoms with Crippen molar-refractivity contribution in [3.05, 3.63) is 130 Å². The molecule has 0 radical (unpaired) electrons. The fraction of sp³-hybridized carbons (Fsp3) is 0.316. The Kier molecular flexibility index (Phi) is 11.8. The fourth-order valence-electron chi connectivity index (χ4n) is 5.41. The predicted molar refractivity (Wildman–Crippen MR) is 185 cm³/mol. The van der Waals surface area contributed by atoms with Gasteiger partial charge >= 0.3 is 0 Å². The van der Waals surface area contributed by atoms with Crippen LogP contribution in [0.2, 0.25) is 0 Å². The number of sulfonamides is 1. The lowest BCUT2D eigenvalue weighted by Gasteiger charge is -2.34. The summed E-state index contributed by atoms with van der Waals surface area (Å²) in [7, 11) is -4.15.